The minimum Gasteiger partial charge on any atom is -0.310 e. The van der Waals surface area contributed by atoms with Crippen LogP contribution < -0.4 is 5.32 Å². The highest BCUT2D eigenvalue weighted by Gasteiger charge is 2.21. The van der Waals surface area contributed by atoms with Gasteiger partial charge in [-0.15, -0.1) is 11.3 Å². The van der Waals surface area contributed by atoms with Crippen molar-refractivity contribution in [3.63, 3.8) is 0 Å². The summed E-state index contributed by atoms with van der Waals surface area (Å²) in [5.41, 5.74) is 1.40. The lowest BCUT2D eigenvalue weighted by atomic mass is 9.93. The van der Waals surface area contributed by atoms with E-state index in [4.69, 9.17) is 4.98 Å². The summed E-state index contributed by atoms with van der Waals surface area (Å²) in [4.78, 5) is 4.72. The van der Waals surface area contributed by atoms with Crippen molar-refractivity contribution in [2.75, 3.05) is 6.54 Å². The molecule has 0 radical (unpaired) electrons. The van der Waals surface area contributed by atoms with E-state index in [1.807, 2.05) is 0 Å². The summed E-state index contributed by atoms with van der Waals surface area (Å²) in [6.45, 7) is 11.1. The normalized spacial score (nSPS) is 24.7. The first-order chi connectivity index (χ1) is 8.45. The average Bonchev–Trinajstić information content (AvgIpc) is 2.87. The molecule has 3 heteroatoms. The first-order valence-electron chi connectivity index (χ1n) is 7.10. The Morgan fingerprint density at radius 3 is 2.72 bits per heavy atom. The van der Waals surface area contributed by atoms with E-state index in [1.165, 1.54) is 30.0 Å². The summed E-state index contributed by atoms with van der Waals surface area (Å²) < 4.78 is 0. The maximum Gasteiger partial charge on any atom is 0.107 e. The molecule has 1 aliphatic carbocycles. The van der Waals surface area contributed by atoms with Crippen molar-refractivity contribution in [1.82, 2.24) is 10.3 Å². The molecule has 0 bridgehead atoms. The van der Waals surface area contributed by atoms with E-state index in [1.54, 1.807) is 11.3 Å². The Labute approximate surface area is 115 Å². The summed E-state index contributed by atoms with van der Waals surface area (Å²) >= 11 is 1.79. The Morgan fingerprint density at radius 1 is 1.39 bits per heavy atom. The fraction of sp³-hybridized carbons (Fsp3) is 0.800. The molecule has 2 rings (SSSR count). The molecule has 102 valence electrons. The summed E-state index contributed by atoms with van der Waals surface area (Å²) in [7, 11) is 0. The van der Waals surface area contributed by atoms with Crippen LogP contribution in [-0.2, 0) is 12.0 Å². The van der Waals surface area contributed by atoms with E-state index >= 15 is 0 Å². The molecule has 2 nitrogen and oxygen atoms in total. The van der Waals surface area contributed by atoms with Crippen molar-refractivity contribution in [2.24, 2.45) is 11.8 Å². The van der Waals surface area contributed by atoms with E-state index in [9.17, 15) is 0 Å². The third kappa shape index (κ3) is 3.79. The topological polar surface area (TPSA) is 24.9 Å². The van der Waals surface area contributed by atoms with Crippen molar-refractivity contribution < 1.29 is 0 Å². The smallest absolute Gasteiger partial charge is 0.107 e. The largest absolute Gasteiger partial charge is 0.310 e. The van der Waals surface area contributed by atoms with Gasteiger partial charge in [0.1, 0.15) is 5.01 Å². The second-order valence-electron chi connectivity index (χ2n) is 6.79. The van der Waals surface area contributed by atoms with Crippen molar-refractivity contribution in [2.45, 2.75) is 58.9 Å². The van der Waals surface area contributed by atoms with Crippen LogP contribution in [0.3, 0.4) is 0 Å². The molecule has 1 aliphatic rings. The standard InChI is InChI=1S/C15H26N2S/c1-11-5-6-12(7-11)8-16-9-14-17-13(10-18-14)15(2,3)4/h10-12,16H,5-9H2,1-4H3. The van der Waals surface area contributed by atoms with Gasteiger partial charge >= 0.3 is 0 Å². The zero-order valence-electron chi connectivity index (χ0n) is 12.1. The Balaban J connectivity index is 1.75. The molecule has 0 aromatic carbocycles. The number of aromatic nitrogens is 1. The second kappa shape index (κ2) is 5.70. The molecular formula is C15H26N2S. The Hall–Kier alpha value is -0.410. The number of nitrogens with one attached hydrogen (secondary N) is 1. The van der Waals surface area contributed by atoms with Crippen molar-refractivity contribution >= 4 is 11.3 Å². The van der Waals surface area contributed by atoms with Crippen molar-refractivity contribution in [3.05, 3.63) is 16.1 Å². The van der Waals surface area contributed by atoms with Crippen LogP contribution in [0.2, 0.25) is 0 Å². The zero-order valence-corrected chi connectivity index (χ0v) is 12.9. The number of rotatable bonds is 4. The lowest BCUT2D eigenvalue weighted by Crippen LogP contribution is -2.21. The van der Waals surface area contributed by atoms with Gasteiger partial charge in [-0.05, 0) is 31.2 Å². The SMILES string of the molecule is CC1CCC(CNCc2nc(C(C)(C)C)cs2)C1. The molecular weight excluding hydrogens is 240 g/mol. The highest BCUT2D eigenvalue weighted by Crippen LogP contribution is 2.29. The van der Waals surface area contributed by atoms with Crippen LogP contribution in [0.4, 0.5) is 0 Å². The minimum absolute atomic E-state index is 0.176. The van der Waals surface area contributed by atoms with Crippen molar-refractivity contribution in [3.8, 4) is 0 Å². The predicted molar refractivity (Wildman–Crippen MR) is 79.0 cm³/mol. The van der Waals surface area contributed by atoms with Gasteiger partial charge in [0, 0.05) is 17.3 Å². The summed E-state index contributed by atoms with van der Waals surface area (Å²) in [6, 6.07) is 0. The van der Waals surface area contributed by atoms with Crippen LogP contribution in [0.1, 0.15) is 57.7 Å². The molecule has 1 aromatic heterocycles. The van der Waals surface area contributed by atoms with E-state index < -0.39 is 0 Å². The molecule has 2 atom stereocenters. The fourth-order valence-corrected chi connectivity index (χ4v) is 3.62. The van der Waals surface area contributed by atoms with Gasteiger partial charge in [-0.25, -0.2) is 4.98 Å². The molecule has 0 aliphatic heterocycles. The number of thiazole rings is 1. The monoisotopic (exact) mass is 266 g/mol. The molecule has 1 aromatic rings. The maximum absolute atomic E-state index is 4.72. The van der Waals surface area contributed by atoms with Crippen LogP contribution >= 0.6 is 11.3 Å². The molecule has 1 fully saturated rings. The van der Waals surface area contributed by atoms with Crippen LogP contribution in [-0.4, -0.2) is 11.5 Å². The molecule has 1 saturated carbocycles. The Kier molecular flexibility index (Phi) is 4.44. The quantitative estimate of drug-likeness (QED) is 0.892. The highest BCUT2D eigenvalue weighted by molar-refractivity contribution is 7.09. The molecule has 0 saturated heterocycles. The van der Waals surface area contributed by atoms with E-state index in [0.717, 1.165) is 24.9 Å². The lowest BCUT2D eigenvalue weighted by Gasteiger charge is -2.14. The predicted octanol–water partition coefficient (Wildman–Crippen LogP) is 3.97. The van der Waals surface area contributed by atoms with Gasteiger partial charge in [0.2, 0.25) is 0 Å². The van der Waals surface area contributed by atoms with Gasteiger partial charge < -0.3 is 5.32 Å². The molecule has 1 N–H and O–H groups in total. The fourth-order valence-electron chi connectivity index (χ4n) is 2.63. The Morgan fingerprint density at radius 2 is 2.17 bits per heavy atom. The van der Waals surface area contributed by atoms with Gasteiger partial charge in [0.25, 0.3) is 0 Å². The Bertz CT molecular complexity index is 378. The van der Waals surface area contributed by atoms with Gasteiger partial charge in [-0.3, -0.25) is 0 Å². The number of nitrogens with zero attached hydrogens (tertiary/aromatic N) is 1. The second-order valence-corrected chi connectivity index (χ2v) is 7.73. The highest BCUT2D eigenvalue weighted by atomic mass is 32.1. The lowest BCUT2D eigenvalue weighted by molar-refractivity contribution is 0.469. The summed E-state index contributed by atoms with van der Waals surface area (Å²) in [5.74, 6) is 1.83. The van der Waals surface area contributed by atoms with E-state index in [0.29, 0.717) is 0 Å². The molecule has 1 heterocycles. The molecule has 18 heavy (non-hydrogen) atoms. The van der Waals surface area contributed by atoms with E-state index in [2.05, 4.69) is 38.4 Å². The minimum atomic E-state index is 0.176. The van der Waals surface area contributed by atoms with Crippen LogP contribution in [0.5, 0.6) is 0 Å². The van der Waals surface area contributed by atoms with Crippen LogP contribution in [0.25, 0.3) is 0 Å². The van der Waals surface area contributed by atoms with Crippen LogP contribution in [0.15, 0.2) is 5.38 Å². The molecule has 0 amide bonds. The first kappa shape index (κ1) is 14.0. The van der Waals surface area contributed by atoms with Crippen LogP contribution in [0, 0.1) is 11.8 Å². The number of hydrogen-bond acceptors (Lipinski definition) is 3. The summed E-state index contributed by atoms with van der Waals surface area (Å²) in [5, 5.41) is 7.01. The molecule has 0 spiro atoms. The third-order valence-electron chi connectivity index (χ3n) is 3.83. The van der Waals surface area contributed by atoms with Gasteiger partial charge in [0.15, 0.2) is 0 Å². The van der Waals surface area contributed by atoms with Gasteiger partial charge in [-0.1, -0.05) is 34.1 Å². The molecule has 2 unspecified atom stereocenters. The third-order valence-corrected chi connectivity index (χ3v) is 4.68. The van der Waals surface area contributed by atoms with Gasteiger partial charge in [-0.2, -0.15) is 0 Å². The maximum atomic E-state index is 4.72. The zero-order chi connectivity index (χ0) is 13.2. The van der Waals surface area contributed by atoms with E-state index in [-0.39, 0.29) is 5.41 Å². The van der Waals surface area contributed by atoms with Crippen molar-refractivity contribution in [1.29, 1.82) is 0 Å². The first-order valence-corrected chi connectivity index (χ1v) is 7.98. The van der Waals surface area contributed by atoms with Gasteiger partial charge in [0.05, 0.1) is 5.69 Å². The average molecular weight is 266 g/mol. The number of hydrogen-bond donors (Lipinski definition) is 1. The summed E-state index contributed by atoms with van der Waals surface area (Å²) in [6.07, 6.45) is 4.22.